The highest BCUT2D eigenvalue weighted by molar-refractivity contribution is 7.89. The molecule has 7 nitrogen and oxygen atoms in total. The van der Waals surface area contributed by atoms with Crippen LogP contribution < -0.4 is 5.32 Å². The van der Waals surface area contributed by atoms with Crippen molar-refractivity contribution in [1.29, 1.82) is 0 Å². The maximum atomic E-state index is 12.9. The summed E-state index contributed by atoms with van der Waals surface area (Å²) < 4.78 is 32.2. The van der Waals surface area contributed by atoms with Crippen LogP contribution in [0.25, 0.3) is 0 Å². The number of sulfonamides is 1. The lowest BCUT2D eigenvalue weighted by atomic mass is 9.95. The third kappa shape index (κ3) is 5.43. The van der Waals surface area contributed by atoms with E-state index in [2.05, 4.69) is 18.5 Å². The molecule has 0 bridgehead atoms. The Labute approximate surface area is 198 Å². The second-order valence-electron chi connectivity index (χ2n) is 7.51. The van der Waals surface area contributed by atoms with Crippen molar-refractivity contribution in [3.63, 3.8) is 0 Å². The highest BCUT2D eigenvalue weighted by Gasteiger charge is 2.28. The molecule has 0 spiro atoms. The van der Waals surface area contributed by atoms with Gasteiger partial charge in [0.2, 0.25) is 10.0 Å². The number of benzene rings is 1. The van der Waals surface area contributed by atoms with Gasteiger partial charge in [-0.3, -0.25) is 4.79 Å². The van der Waals surface area contributed by atoms with Crippen molar-refractivity contribution in [2.75, 3.05) is 25.0 Å². The minimum Gasteiger partial charge on any atom is -0.462 e. The first-order chi connectivity index (χ1) is 15.8. The van der Waals surface area contributed by atoms with Gasteiger partial charge in [-0.15, -0.1) is 24.5 Å². The summed E-state index contributed by atoms with van der Waals surface area (Å²) in [6, 6.07) is 5.71. The fraction of sp³-hybridized carbons (Fsp3) is 0.333. The number of rotatable bonds is 10. The highest BCUT2D eigenvalue weighted by Crippen LogP contribution is 2.38. The van der Waals surface area contributed by atoms with Gasteiger partial charge in [0.25, 0.3) is 5.91 Å². The Bertz CT molecular complexity index is 1140. The van der Waals surface area contributed by atoms with E-state index < -0.39 is 21.9 Å². The summed E-state index contributed by atoms with van der Waals surface area (Å²) in [4.78, 5) is 26.7. The summed E-state index contributed by atoms with van der Waals surface area (Å²) in [5, 5.41) is 3.31. The fourth-order valence-electron chi connectivity index (χ4n) is 3.73. The summed E-state index contributed by atoms with van der Waals surface area (Å²) in [6.07, 6.45) is 6.71. The maximum absolute atomic E-state index is 12.9. The summed E-state index contributed by atoms with van der Waals surface area (Å²) in [6.45, 7) is 9.49. The fourth-order valence-corrected chi connectivity index (χ4v) is 6.39. The number of carbonyl (C=O) groups is 2. The number of esters is 1. The van der Waals surface area contributed by atoms with Crippen LogP contribution in [-0.4, -0.2) is 44.3 Å². The first kappa shape index (κ1) is 24.9. The first-order valence-corrected chi connectivity index (χ1v) is 13.0. The highest BCUT2D eigenvalue weighted by atomic mass is 32.2. The molecule has 1 heterocycles. The summed E-state index contributed by atoms with van der Waals surface area (Å²) in [5.74, 6) is -0.852. The van der Waals surface area contributed by atoms with E-state index in [9.17, 15) is 18.0 Å². The zero-order valence-corrected chi connectivity index (χ0v) is 20.3. The number of fused-ring (bicyclic) bond motifs is 1. The number of amides is 1. The molecule has 3 rings (SSSR count). The summed E-state index contributed by atoms with van der Waals surface area (Å²) >= 11 is 1.41. The molecule has 1 N–H and O–H groups in total. The van der Waals surface area contributed by atoms with Crippen molar-refractivity contribution < 1.29 is 22.7 Å². The lowest BCUT2D eigenvalue weighted by Crippen LogP contribution is -2.31. The Balaban J connectivity index is 1.84. The van der Waals surface area contributed by atoms with E-state index in [0.29, 0.717) is 10.6 Å². The van der Waals surface area contributed by atoms with E-state index in [1.165, 1.54) is 52.1 Å². The lowest BCUT2D eigenvalue weighted by molar-refractivity contribution is 0.0526. The molecule has 0 saturated heterocycles. The van der Waals surface area contributed by atoms with Gasteiger partial charge in [-0.25, -0.2) is 13.2 Å². The van der Waals surface area contributed by atoms with Crippen molar-refractivity contribution >= 4 is 38.2 Å². The van der Waals surface area contributed by atoms with Crippen molar-refractivity contribution in [2.45, 2.75) is 37.5 Å². The van der Waals surface area contributed by atoms with Crippen LogP contribution in [0.1, 0.15) is 50.9 Å². The Morgan fingerprint density at radius 2 is 1.76 bits per heavy atom. The van der Waals surface area contributed by atoms with E-state index in [4.69, 9.17) is 4.74 Å². The molecule has 1 amide bonds. The number of hydrogen-bond donors (Lipinski definition) is 1. The summed E-state index contributed by atoms with van der Waals surface area (Å²) in [5.41, 5.74) is 1.69. The Hall–Kier alpha value is -2.75. The van der Waals surface area contributed by atoms with Gasteiger partial charge in [0.15, 0.2) is 0 Å². The van der Waals surface area contributed by atoms with Crippen LogP contribution in [0.2, 0.25) is 0 Å². The molecule has 0 aliphatic heterocycles. The van der Waals surface area contributed by atoms with Gasteiger partial charge >= 0.3 is 5.97 Å². The van der Waals surface area contributed by atoms with Gasteiger partial charge in [-0.2, -0.15) is 4.31 Å². The average molecular weight is 489 g/mol. The van der Waals surface area contributed by atoms with Crippen LogP contribution in [-0.2, 0) is 27.6 Å². The predicted molar refractivity (Wildman–Crippen MR) is 130 cm³/mol. The normalized spacial score (nSPS) is 13.3. The average Bonchev–Trinajstić information content (AvgIpc) is 3.17. The molecule has 2 aromatic rings. The predicted octanol–water partition coefficient (Wildman–Crippen LogP) is 4.42. The van der Waals surface area contributed by atoms with Gasteiger partial charge in [0.05, 0.1) is 17.1 Å². The van der Waals surface area contributed by atoms with Crippen LogP contribution in [0.4, 0.5) is 5.00 Å². The van der Waals surface area contributed by atoms with E-state index >= 15 is 0 Å². The molecule has 0 saturated carbocycles. The van der Waals surface area contributed by atoms with Gasteiger partial charge in [0, 0.05) is 23.5 Å². The third-order valence-corrected chi connectivity index (χ3v) is 8.35. The molecule has 0 unspecified atom stereocenters. The molecule has 176 valence electrons. The van der Waals surface area contributed by atoms with E-state index in [0.717, 1.165) is 36.1 Å². The van der Waals surface area contributed by atoms with Gasteiger partial charge < -0.3 is 10.1 Å². The molecule has 1 aliphatic carbocycles. The minimum atomic E-state index is -3.75. The molecule has 0 fully saturated rings. The van der Waals surface area contributed by atoms with Crippen molar-refractivity contribution in [2.24, 2.45) is 0 Å². The monoisotopic (exact) mass is 488 g/mol. The molecule has 33 heavy (non-hydrogen) atoms. The summed E-state index contributed by atoms with van der Waals surface area (Å²) in [7, 11) is -3.75. The van der Waals surface area contributed by atoms with Crippen molar-refractivity contribution in [3.8, 4) is 0 Å². The largest absolute Gasteiger partial charge is 0.462 e. The van der Waals surface area contributed by atoms with Crippen LogP contribution >= 0.6 is 11.3 Å². The van der Waals surface area contributed by atoms with Crippen LogP contribution in [0.3, 0.4) is 0 Å². The quantitative estimate of drug-likeness (QED) is 0.395. The number of nitrogens with zero attached hydrogens (tertiary/aromatic N) is 1. The topological polar surface area (TPSA) is 92.8 Å². The van der Waals surface area contributed by atoms with Crippen molar-refractivity contribution in [1.82, 2.24) is 4.31 Å². The second kappa shape index (κ2) is 10.9. The number of ether oxygens (including phenoxy) is 1. The number of anilines is 1. The van der Waals surface area contributed by atoms with Gasteiger partial charge in [-0.05, 0) is 62.4 Å². The lowest BCUT2D eigenvalue weighted by Gasteiger charge is -2.19. The molecule has 1 aromatic heterocycles. The van der Waals surface area contributed by atoms with Gasteiger partial charge in [0.1, 0.15) is 5.00 Å². The van der Waals surface area contributed by atoms with E-state index in [1.807, 2.05) is 0 Å². The standard InChI is InChI=1S/C24H28N2O5S2/c1-4-15-26(16-5-2)33(29,30)18-13-11-17(12-14-18)22(27)25-23-21(24(28)31-6-3)19-9-7-8-10-20(19)32-23/h4-5,11-14H,1-2,6-10,15-16H2,3H3,(H,25,27). The van der Waals surface area contributed by atoms with E-state index in [1.54, 1.807) is 6.92 Å². The molecular formula is C24H28N2O5S2. The molecule has 9 heteroatoms. The third-order valence-electron chi connectivity index (χ3n) is 5.30. The zero-order valence-electron chi connectivity index (χ0n) is 18.6. The smallest absolute Gasteiger partial charge is 0.341 e. The number of thiophene rings is 1. The SMILES string of the molecule is C=CCN(CC=C)S(=O)(=O)c1ccc(C(=O)Nc2sc3c(c2C(=O)OCC)CCCC3)cc1. The molecule has 1 aromatic carbocycles. The van der Waals surface area contributed by atoms with Crippen LogP contribution in [0, 0.1) is 0 Å². The van der Waals surface area contributed by atoms with Crippen LogP contribution in [0.5, 0.6) is 0 Å². The number of hydrogen-bond acceptors (Lipinski definition) is 6. The zero-order chi connectivity index (χ0) is 24.0. The maximum Gasteiger partial charge on any atom is 0.341 e. The molecule has 0 radical (unpaired) electrons. The second-order valence-corrected chi connectivity index (χ2v) is 10.6. The number of nitrogens with one attached hydrogen (secondary N) is 1. The first-order valence-electron chi connectivity index (χ1n) is 10.8. The van der Waals surface area contributed by atoms with Crippen LogP contribution in [0.15, 0.2) is 54.5 Å². The molecule has 1 aliphatic rings. The van der Waals surface area contributed by atoms with Crippen molar-refractivity contribution in [3.05, 3.63) is 71.1 Å². The molecular weight excluding hydrogens is 460 g/mol. The number of carbonyl (C=O) groups excluding carboxylic acids is 2. The van der Waals surface area contributed by atoms with Gasteiger partial charge in [-0.1, -0.05) is 12.2 Å². The Morgan fingerprint density at radius 3 is 2.36 bits per heavy atom. The Kier molecular flexibility index (Phi) is 8.23. The Morgan fingerprint density at radius 1 is 1.12 bits per heavy atom. The number of aryl methyl sites for hydroxylation is 1. The molecule has 0 atom stereocenters. The van der Waals surface area contributed by atoms with E-state index in [-0.39, 0.29) is 30.2 Å². The minimum absolute atomic E-state index is 0.0709.